The van der Waals surface area contributed by atoms with Gasteiger partial charge in [-0.05, 0) is 12.8 Å². The fourth-order valence-electron chi connectivity index (χ4n) is 5.77. The summed E-state index contributed by atoms with van der Waals surface area (Å²) in [4.78, 5) is 10.5. The highest BCUT2D eigenvalue weighted by Crippen LogP contribution is 2.19. The Morgan fingerprint density at radius 2 is 0.600 bits per heavy atom. The number of carboxylic acids is 1. The maximum atomic E-state index is 10.5. The van der Waals surface area contributed by atoms with Crippen LogP contribution in [0, 0.1) is 0 Å². The van der Waals surface area contributed by atoms with Crippen molar-refractivity contribution in [2.75, 3.05) is 21.3 Å². The Morgan fingerprint density at radius 3 is 0.800 bits per heavy atom. The van der Waals surface area contributed by atoms with Gasteiger partial charge in [0.25, 0.3) is 0 Å². The molecule has 6 heteroatoms. The molecular formula is C34H70O5Si. The summed E-state index contributed by atoms with van der Waals surface area (Å²) in [5, 5.41) is 8.63. The lowest BCUT2D eigenvalue weighted by Gasteiger charge is -2.24. The van der Waals surface area contributed by atoms with E-state index in [1.807, 2.05) is 0 Å². The van der Waals surface area contributed by atoms with Gasteiger partial charge in [-0.15, -0.1) is 0 Å². The molecule has 0 radical (unpaired) electrons. The molecule has 0 heterocycles. The third-order valence-electron chi connectivity index (χ3n) is 8.56. The molecule has 0 aliphatic carbocycles. The van der Waals surface area contributed by atoms with Gasteiger partial charge in [-0.1, -0.05) is 167 Å². The molecule has 0 saturated heterocycles. The molecule has 0 unspecified atom stereocenters. The van der Waals surface area contributed by atoms with Crippen LogP contribution in [0.4, 0.5) is 0 Å². The lowest BCUT2D eigenvalue weighted by Crippen LogP contribution is -2.42. The second-order valence-corrected chi connectivity index (χ2v) is 15.2. The van der Waals surface area contributed by atoms with Gasteiger partial charge >= 0.3 is 14.8 Å². The topological polar surface area (TPSA) is 65.0 Å². The van der Waals surface area contributed by atoms with E-state index in [1.165, 1.54) is 161 Å². The fraction of sp³-hybridized carbons (Fsp3) is 0.971. The minimum absolute atomic E-state index is 0.341. The Hall–Kier alpha value is -0.433. The lowest BCUT2D eigenvalue weighted by molar-refractivity contribution is -0.137. The highest BCUT2D eigenvalue weighted by molar-refractivity contribution is 6.60. The quantitative estimate of drug-likeness (QED) is 0.0600. The van der Waals surface area contributed by atoms with E-state index in [-0.39, 0.29) is 0 Å². The van der Waals surface area contributed by atoms with Crippen LogP contribution in [0.2, 0.25) is 6.04 Å². The first-order chi connectivity index (χ1) is 19.6. The summed E-state index contributed by atoms with van der Waals surface area (Å²) in [5.74, 6) is -0.653. The van der Waals surface area contributed by atoms with Crippen molar-refractivity contribution in [2.24, 2.45) is 0 Å². The van der Waals surface area contributed by atoms with Gasteiger partial charge < -0.3 is 18.4 Å². The molecule has 0 aliphatic rings. The molecule has 5 nitrogen and oxygen atoms in total. The maximum Gasteiger partial charge on any atom is 0.500 e. The first-order valence-corrected chi connectivity index (χ1v) is 19.4. The monoisotopic (exact) mass is 586 g/mol. The molecule has 0 bridgehead atoms. The van der Waals surface area contributed by atoms with Gasteiger partial charge in [0.1, 0.15) is 0 Å². The molecule has 0 atom stereocenters. The van der Waals surface area contributed by atoms with Crippen LogP contribution in [-0.4, -0.2) is 41.2 Å². The van der Waals surface area contributed by atoms with Gasteiger partial charge in [-0.3, -0.25) is 4.79 Å². The van der Waals surface area contributed by atoms with Crippen molar-refractivity contribution in [1.29, 1.82) is 0 Å². The van der Waals surface area contributed by atoms with E-state index in [0.29, 0.717) is 6.42 Å². The average Bonchev–Trinajstić information content (AvgIpc) is 2.96. The van der Waals surface area contributed by atoms with Crippen LogP contribution < -0.4 is 0 Å². The SMILES string of the molecule is CO[Si](CCCCCCCCCCCCCCCCCCCCCCCCCCCCCCC(=O)O)(OC)OC. The van der Waals surface area contributed by atoms with E-state index >= 15 is 0 Å². The molecule has 0 saturated carbocycles. The molecule has 240 valence electrons. The van der Waals surface area contributed by atoms with Crippen molar-refractivity contribution in [2.45, 2.75) is 192 Å². The number of unbranched alkanes of at least 4 members (excludes halogenated alkanes) is 27. The number of carbonyl (C=O) groups is 1. The van der Waals surface area contributed by atoms with Crippen molar-refractivity contribution in [3.8, 4) is 0 Å². The van der Waals surface area contributed by atoms with Gasteiger partial charge in [-0.2, -0.15) is 0 Å². The smallest absolute Gasteiger partial charge is 0.481 e. The summed E-state index contributed by atoms with van der Waals surface area (Å²) in [5.41, 5.74) is 0. The van der Waals surface area contributed by atoms with E-state index < -0.39 is 14.8 Å². The van der Waals surface area contributed by atoms with Crippen LogP contribution in [0.1, 0.15) is 186 Å². The summed E-state index contributed by atoms with van der Waals surface area (Å²) in [6.07, 6.45) is 38.3. The molecule has 1 N–H and O–H groups in total. The Balaban J connectivity index is 3.13. The van der Waals surface area contributed by atoms with Crippen LogP contribution >= 0.6 is 0 Å². The number of hydrogen-bond donors (Lipinski definition) is 1. The molecule has 0 aromatic carbocycles. The second kappa shape index (κ2) is 31.5. The molecule has 0 rings (SSSR count). The predicted molar refractivity (Wildman–Crippen MR) is 173 cm³/mol. The van der Waals surface area contributed by atoms with E-state index in [1.54, 1.807) is 21.3 Å². The van der Waals surface area contributed by atoms with Crippen LogP contribution in [0.3, 0.4) is 0 Å². The zero-order valence-electron chi connectivity index (χ0n) is 27.3. The Kier molecular flexibility index (Phi) is 31.2. The molecule has 0 aromatic heterocycles. The van der Waals surface area contributed by atoms with Crippen LogP contribution in [-0.2, 0) is 18.1 Å². The molecule has 0 aromatic rings. The summed E-state index contributed by atoms with van der Waals surface area (Å²) in [6, 6.07) is 0.931. The fourth-order valence-corrected chi connectivity index (χ4v) is 7.57. The van der Waals surface area contributed by atoms with E-state index in [4.69, 9.17) is 18.4 Å². The van der Waals surface area contributed by atoms with Crippen LogP contribution in [0.5, 0.6) is 0 Å². The molecule has 0 fully saturated rings. The number of rotatable bonds is 34. The van der Waals surface area contributed by atoms with Crippen molar-refractivity contribution in [3.63, 3.8) is 0 Å². The van der Waals surface area contributed by atoms with Crippen molar-refractivity contribution >= 4 is 14.8 Å². The van der Waals surface area contributed by atoms with E-state index in [0.717, 1.165) is 25.3 Å². The van der Waals surface area contributed by atoms with Crippen LogP contribution in [0.25, 0.3) is 0 Å². The van der Waals surface area contributed by atoms with Crippen molar-refractivity contribution in [1.82, 2.24) is 0 Å². The molecule has 0 amide bonds. The van der Waals surface area contributed by atoms with Crippen molar-refractivity contribution < 1.29 is 23.2 Å². The standard InChI is InChI=1S/C34H70O5Si/c1-37-40(38-2,39-3)33-31-29-27-25-23-21-19-17-15-13-11-9-7-5-4-6-8-10-12-14-16-18-20-22-24-26-28-30-32-34(35)36/h4-33H2,1-3H3,(H,35,36). The van der Waals surface area contributed by atoms with Gasteiger partial charge in [0.2, 0.25) is 0 Å². The molecule has 40 heavy (non-hydrogen) atoms. The summed E-state index contributed by atoms with van der Waals surface area (Å²) < 4.78 is 16.5. The highest BCUT2D eigenvalue weighted by atomic mass is 28.4. The summed E-state index contributed by atoms with van der Waals surface area (Å²) >= 11 is 0. The number of carboxylic acid groups (broad SMARTS) is 1. The highest BCUT2D eigenvalue weighted by Gasteiger charge is 2.36. The van der Waals surface area contributed by atoms with Gasteiger partial charge in [-0.25, -0.2) is 0 Å². The first-order valence-electron chi connectivity index (χ1n) is 17.5. The maximum absolute atomic E-state index is 10.5. The lowest BCUT2D eigenvalue weighted by atomic mass is 10.0. The van der Waals surface area contributed by atoms with Gasteiger partial charge in [0, 0.05) is 33.8 Å². The predicted octanol–water partition coefficient (Wildman–Crippen LogP) is 11.3. The number of aliphatic carboxylic acids is 1. The Morgan fingerprint density at radius 1 is 0.400 bits per heavy atom. The summed E-state index contributed by atoms with van der Waals surface area (Å²) in [7, 11) is 2.76. The Labute approximate surface area is 251 Å². The van der Waals surface area contributed by atoms with E-state index in [9.17, 15) is 4.79 Å². The van der Waals surface area contributed by atoms with Gasteiger partial charge in [0.05, 0.1) is 0 Å². The normalized spacial score (nSPS) is 11.9. The third-order valence-corrected chi connectivity index (χ3v) is 11.4. The minimum Gasteiger partial charge on any atom is -0.481 e. The second-order valence-electron chi connectivity index (χ2n) is 12.1. The van der Waals surface area contributed by atoms with Gasteiger partial charge in [0.15, 0.2) is 0 Å². The molecule has 0 spiro atoms. The third kappa shape index (κ3) is 27.7. The largest absolute Gasteiger partial charge is 0.500 e. The zero-order chi connectivity index (χ0) is 29.4. The Bertz CT molecular complexity index is 504. The minimum atomic E-state index is -2.35. The van der Waals surface area contributed by atoms with E-state index in [2.05, 4.69) is 0 Å². The molecular weight excluding hydrogens is 516 g/mol. The van der Waals surface area contributed by atoms with Crippen molar-refractivity contribution in [3.05, 3.63) is 0 Å². The van der Waals surface area contributed by atoms with Crippen LogP contribution in [0.15, 0.2) is 0 Å². The summed E-state index contributed by atoms with van der Waals surface area (Å²) in [6.45, 7) is 0. The first kappa shape index (κ1) is 39.6. The molecule has 0 aliphatic heterocycles. The number of hydrogen-bond acceptors (Lipinski definition) is 4. The average molecular weight is 587 g/mol. The zero-order valence-corrected chi connectivity index (χ0v) is 28.3.